The van der Waals surface area contributed by atoms with Gasteiger partial charge in [0, 0.05) is 58.0 Å². The van der Waals surface area contributed by atoms with Crippen molar-refractivity contribution in [2.75, 3.05) is 71.9 Å². The predicted molar refractivity (Wildman–Crippen MR) is 183 cm³/mol. The van der Waals surface area contributed by atoms with Gasteiger partial charge in [-0.15, -0.1) is 0 Å². The second-order valence-corrected chi connectivity index (χ2v) is 12.7. The summed E-state index contributed by atoms with van der Waals surface area (Å²) < 4.78 is 20.6. The Morgan fingerprint density at radius 3 is 1.52 bits per heavy atom. The maximum Gasteiger partial charge on any atom is 0.410 e. The van der Waals surface area contributed by atoms with Crippen LogP contribution in [0.2, 0.25) is 0 Å². The van der Waals surface area contributed by atoms with Crippen LogP contribution in [0.5, 0.6) is 11.5 Å². The van der Waals surface area contributed by atoms with E-state index >= 15 is 0 Å². The molecule has 4 rings (SSSR count). The van der Waals surface area contributed by atoms with Crippen molar-refractivity contribution in [1.82, 2.24) is 20.0 Å². The first-order valence-corrected chi connectivity index (χ1v) is 15.7. The number of methoxy groups -OCH3 is 2. The molecule has 2 aromatic rings. The van der Waals surface area contributed by atoms with Gasteiger partial charge in [-0.1, -0.05) is 0 Å². The number of isocyanates is 1. The Kier molecular flexibility index (Phi) is 15.7. The maximum absolute atomic E-state index is 12.3. The number of urea groups is 1. The lowest BCUT2D eigenvalue weighted by Gasteiger charge is -2.35. The molecule has 2 fully saturated rings. The molecule has 0 spiro atoms. The average molecular weight is 671 g/mol. The number of amides is 4. The Morgan fingerprint density at radius 1 is 0.688 bits per heavy atom. The summed E-state index contributed by atoms with van der Waals surface area (Å²) in [5, 5.41) is 6.02. The summed E-state index contributed by atoms with van der Waals surface area (Å²) in [6.07, 6.45) is 0.920. The number of hydrogen-bond donors (Lipinski definition) is 2. The smallest absolute Gasteiger partial charge is 0.410 e. The SMILES string of the molecule is CC(C)(C)OC(=O)N1CCNCC1.COc1ccc(N=C=O)cc1.COc1ccc(NC(=O)N2CCN(C(=O)OC(C)(C)C)CC2)cc1. The van der Waals surface area contributed by atoms with Crippen molar-refractivity contribution in [3.63, 3.8) is 0 Å². The van der Waals surface area contributed by atoms with E-state index in [-0.39, 0.29) is 23.8 Å². The fraction of sp³-hybridized carbons (Fsp3) is 0.529. The predicted octanol–water partition coefficient (Wildman–Crippen LogP) is 5.27. The second-order valence-electron chi connectivity index (χ2n) is 12.7. The summed E-state index contributed by atoms with van der Waals surface area (Å²) in [7, 11) is 3.18. The number of carbonyl (C=O) groups is 3. The fourth-order valence-corrected chi connectivity index (χ4v) is 4.18. The molecular formula is C34H50N6O8. The average Bonchev–Trinajstić information content (AvgIpc) is 3.05. The highest BCUT2D eigenvalue weighted by atomic mass is 16.6. The minimum Gasteiger partial charge on any atom is -0.497 e. The normalized spacial score (nSPS) is 14.5. The van der Waals surface area contributed by atoms with Crippen LogP contribution in [-0.4, -0.2) is 117 Å². The number of benzene rings is 2. The first-order valence-electron chi connectivity index (χ1n) is 15.7. The molecule has 4 amide bonds. The number of rotatable bonds is 4. The van der Waals surface area contributed by atoms with E-state index in [1.54, 1.807) is 77.5 Å². The van der Waals surface area contributed by atoms with Crippen LogP contribution in [-0.2, 0) is 14.3 Å². The molecule has 0 saturated carbocycles. The van der Waals surface area contributed by atoms with Crippen molar-refractivity contribution in [3.8, 4) is 11.5 Å². The molecule has 48 heavy (non-hydrogen) atoms. The summed E-state index contributed by atoms with van der Waals surface area (Å²) in [6.45, 7) is 16.2. The van der Waals surface area contributed by atoms with Crippen molar-refractivity contribution in [2.24, 2.45) is 4.99 Å². The standard InChI is InChI=1S/C17H25N3O4.C9H18N2O2.C8H7NO2/c1-17(2,3)24-16(22)20-11-9-19(10-12-20)15(21)18-13-5-7-14(23-4)8-6-13;1-9(2,3)13-8(12)11-6-4-10-5-7-11;1-11-8-4-2-7(3-5-8)9-6-10/h5-8H,9-12H2,1-4H3,(H,18,21);10H,4-7H2,1-3H3;2-5H,1H3. The summed E-state index contributed by atoms with van der Waals surface area (Å²) in [5.41, 5.74) is 0.387. The monoisotopic (exact) mass is 670 g/mol. The van der Waals surface area contributed by atoms with Crippen LogP contribution < -0.4 is 20.1 Å². The van der Waals surface area contributed by atoms with Crippen molar-refractivity contribution in [1.29, 1.82) is 0 Å². The van der Waals surface area contributed by atoms with E-state index < -0.39 is 5.60 Å². The largest absolute Gasteiger partial charge is 0.497 e. The first-order chi connectivity index (χ1) is 22.6. The molecule has 2 aromatic carbocycles. The molecule has 2 N–H and O–H groups in total. The molecule has 0 bridgehead atoms. The van der Waals surface area contributed by atoms with Gasteiger partial charge >= 0.3 is 18.2 Å². The number of hydrogen-bond acceptors (Lipinski definition) is 10. The van der Waals surface area contributed by atoms with Gasteiger partial charge in [0.25, 0.3) is 0 Å². The van der Waals surface area contributed by atoms with Gasteiger partial charge in [0.15, 0.2) is 0 Å². The Bertz CT molecular complexity index is 1340. The van der Waals surface area contributed by atoms with Crippen LogP contribution in [0.4, 0.5) is 25.8 Å². The van der Waals surface area contributed by atoms with E-state index in [9.17, 15) is 19.2 Å². The van der Waals surface area contributed by atoms with Crippen LogP contribution >= 0.6 is 0 Å². The van der Waals surface area contributed by atoms with Crippen LogP contribution in [0, 0.1) is 0 Å². The van der Waals surface area contributed by atoms with E-state index in [4.69, 9.17) is 18.9 Å². The lowest BCUT2D eigenvalue weighted by molar-refractivity contribution is 0.0172. The van der Waals surface area contributed by atoms with Crippen LogP contribution in [0.25, 0.3) is 0 Å². The van der Waals surface area contributed by atoms with Gasteiger partial charge in [0.1, 0.15) is 22.7 Å². The van der Waals surface area contributed by atoms with Crippen LogP contribution in [0.3, 0.4) is 0 Å². The molecule has 14 nitrogen and oxygen atoms in total. The summed E-state index contributed by atoms with van der Waals surface area (Å²) in [4.78, 5) is 54.1. The third-order valence-electron chi connectivity index (χ3n) is 6.58. The van der Waals surface area contributed by atoms with E-state index in [1.165, 1.54) is 6.08 Å². The van der Waals surface area contributed by atoms with Crippen LogP contribution in [0.1, 0.15) is 41.5 Å². The van der Waals surface area contributed by atoms with E-state index in [1.807, 2.05) is 41.5 Å². The molecule has 264 valence electrons. The molecule has 2 aliphatic rings. The lowest BCUT2D eigenvalue weighted by Crippen LogP contribution is -2.52. The zero-order valence-electron chi connectivity index (χ0n) is 29.3. The Hall–Kier alpha value is -4.81. The zero-order valence-corrected chi connectivity index (χ0v) is 29.3. The summed E-state index contributed by atoms with van der Waals surface area (Å²) in [6, 6.07) is 13.8. The fourth-order valence-electron chi connectivity index (χ4n) is 4.18. The summed E-state index contributed by atoms with van der Waals surface area (Å²) >= 11 is 0. The van der Waals surface area contributed by atoms with Crippen molar-refractivity contribution in [3.05, 3.63) is 48.5 Å². The highest BCUT2D eigenvalue weighted by Crippen LogP contribution is 2.18. The topological polar surface area (TPSA) is 151 Å². The minimum absolute atomic E-state index is 0.177. The van der Waals surface area contributed by atoms with Crippen molar-refractivity contribution in [2.45, 2.75) is 52.7 Å². The second kappa shape index (κ2) is 19.1. The minimum atomic E-state index is -0.514. The molecular weight excluding hydrogens is 620 g/mol. The number of piperazine rings is 2. The molecule has 0 atom stereocenters. The van der Waals surface area contributed by atoms with Crippen molar-refractivity contribution < 1.29 is 38.1 Å². The Balaban J connectivity index is 0.000000279. The van der Waals surface area contributed by atoms with Gasteiger partial charge in [0.05, 0.1) is 19.9 Å². The van der Waals surface area contributed by atoms with Crippen molar-refractivity contribution >= 4 is 35.7 Å². The quantitative estimate of drug-likeness (QED) is 0.328. The third-order valence-corrected chi connectivity index (χ3v) is 6.58. The van der Waals surface area contributed by atoms with Crippen LogP contribution in [0.15, 0.2) is 53.5 Å². The molecule has 0 radical (unpaired) electrons. The van der Waals surface area contributed by atoms with E-state index in [2.05, 4.69) is 15.6 Å². The van der Waals surface area contributed by atoms with Gasteiger partial charge in [-0.3, -0.25) is 0 Å². The number of nitrogens with one attached hydrogen (secondary N) is 2. The zero-order chi connectivity index (χ0) is 35.7. The number of carbonyl (C=O) groups excluding carboxylic acids is 4. The number of nitrogens with zero attached hydrogens (tertiary/aromatic N) is 4. The van der Waals surface area contributed by atoms with Gasteiger partial charge < -0.3 is 44.3 Å². The molecule has 0 aromatic heterocycles. The molecule has 2 saturated heterocycles. The molecule has 2 aliphatic heterocycles. The highest BCUT2D eigenvalue weighted by Gasteiger charge is 2.28. The van der Waals surface area contributed by atoms with E-state index in [0.717, 1.165) is 37.7 Å². The number of aliphatic imine (C=N–C) groups is 1. The number of ether oxygens (including phenoxy) is 4. The van der Waals surface area contributed by atoms with Gasteiger partial charge in [0.2, 0.25) is 6.08 Å². The molecule has 0 unspecified atom stereocenters. The van der Waals surface area contributed by atoms with E-state index in [0.29, 0.717) is 37.6 Å². The van der Waals surface area contributed by atoms with Gasteiger partial charge in [-0.25, -0.2) is 19.2 Å². The molecule has 2 heterocycles. The Morgan fingerprint density at radius 2 is 1.10 bits per heavy atom. The first kappa shape index (κ1) is 39.4. The third kappa shape index (κ3) is 15.2. The lowest BCUT2D eigenvalue weighted by atomic mass is 10.2. The Labute approximate surface area is 283 Å². The molecule has 0 aliphatic carbocycles. The van der Waals surface area contributed by atoms with Gasteiger partial charge in [-0.2, -0.15) is 4.99 Å². The molecule has 14 heteroatoms. The number of anilines is 1. The maximum atomic E-state index is 12.3. The van der Waals surface area contributed by atoms with Gasteiger partial charge in [-0.05, 0) is 90.1 Å². The highest BCUT2D eigenvalue weighted by molar-refractivity contribution is 5.89. The summed E-state index contributed by atoms with van der Waals surface area (Å²) in [5.74, 6) is 1.48.